The Balaban J connectivity index is 2.99. The van der Waals surface area contributed by atoms with Crippen LogP contribution in [-0.4, -0.2) is 11.2 Å². The van der Waals surface area contributed by atoms with E-state index in [0.29, 0.717) is 0 Å². The zero-order valence-electron chi connectivity index (χ0n) is 9.64. The Hall–Kier alpha value is -1.29. The largest absolute Gasteiger partial charge is 0.259 e. The molecule has 0 heterocycles. The van der Waals surface area contributed by atoms with Gasteiger partial charge in [0.2, 0.25) is 5.70 Å². The van der Waals surface area contributed by atoms with Crippen molar-refractivity contribution in [3.63, 3.8) is 0 Å². The van der Waals surface area contributed by atoms with Gasteiger partial charge in [0.15, 0.2) is 0 Å². The van der Waals surface area contributed by atoms with E-state index in [4.69, 9.17) is 0 Å². The maximum absolute atomic E-state index is 10.8. The lowest BCUT2D eigenvalue weighted by Gasteiger charge is -2.02. The van der Waals surface area contributed by atoms with Gasteiger partial charge in [0.25, 0.3) is 0 Å². The van der Waals surface area contributed by atoms with Crippen molar-refractivity contribution < 1.29 is 4.92 Å². The lowest BCUT2D eigenvalue weighted by Crippen LogP contribution is -2.05. The molecule has 0 spiro atoms. The Morgan fingerprint density at radius 1 is 1.38 bits per heavy atom. The number of hydrogen-bond acceptors (Lipinski definition) is 3. The van der Waals surface area contributed by atoms with Crippen molar-refractivity contribution in [3.8, 4) is 0 Å². The second-order valence-corrected chi connectivity index (χ2v) is 4.63. The van der Waals surface area contributed by atoms with E-state index in [9.17, 15) is 10.1 Å². The summed E-state index contributed by atoms with van der Waals surface area (Å²) in [7, 11) is 0. The lowest BCUT2D eigenvalue weighted by atomic mass is 10.1. The van der Waals surface area contributed by atoms with Crippen LogP contribution in [-0.2, 0) is 0 Å². The number of rotatable bonds is 4. The van der Waals surface area contributed by atoms with Gasteiger partial charge in [0.1, 0.15) is 0 Å². The van der Waals surface area contributed by atoms with Gasteiger partial charge in [-0.25, -0.2) is 0 Å². The summed E-state index contributed by atoms with van der Waals surface area (Å²) >= 11 is 1.65. The highest BCUT2D eigenvalue weighted by atomic mass is 32.2. The first-order valence-corrected chi connectivity index (χ1v) is 6.27. The molecule has 0 aliphatic heterocycles. The van der Waals surface area contributed by atoms with Gasteiger partial charge in [0, 0.05) is 16.9 Å². The van der Waals surface area contributed by atoms with Crippen molar-refractivity contribution in [2.45, 2.75) is 18.7 Å². The molecule has 0 fully saturated rings. The van der Waals surface area contributed by atoms with E-state index in [1.807, 2.05) is 44.4 Å². The van der Waals surface area contributed by atoms with Crippen molar-refractivity contribution in [3.05, 3.63) is 45.6 Å². The summed E-state index contributed by atoms with van der Waals surface area (Å²) in [4.78, 5) is 11.6. The predicted molar refractivity (Wildman–Crippen MR) is 68.0 cm³/mol. The third-order valence-corrected chi connectivity index (χ3v) is 2.98. The molecule has 4 heteroatoms. The summed E-state index contributed by atoms with van der Waals surface area (Å²) in [5.74, 6) is -0.0739. The molecule has 16 heavy (non-hydrogen) atoms. The van der Waals surface area contributed by atoms with Crippen LogP contribution in [0, 0.1) is 16.0 Å². The van der Waals surface area contributed by atoms with Crippen LogP contribution in [0.5, 0.6) is 0 Å². The molecule has 0 unspecified atom stereocenters. The van der Waals surface area contributed by atoms with E-state index in [0.717, 1.165) is 10.5 Å². The number of benzene rings is 1. The Morgan fingerprint density at radius 3 is 2.31 bits per heavy atom. The van der Waals surface area contributed by atoms with Gasteiger partial charge in [-0.15, -0.1) is 11.8 Å². The number of nitro groups is 1. The Morgan fingerprint density at radius 2 is 1.94 bits per heavy atom. The summed E-state index contributed by atoms with van der Waals surface area (Å²) in [6, 6.07) is 7.73. The van der Waals surface area contributed by atoms with Crippen LogP contribution in [0.15, 0.2) is 34.9 Å². The first-order valence-electron chi connectivity index (χ1n) is 5.04. The molecule has 0 aliphatic carbocycles. The third-order valence-electron chi connectivity index (χ3n) is 2.23. The van der Waals surface area contributed by atoms with Gasteiger partial charge in [-0.05, 0) is 24.0 Å². The molecule has 3 nitrogen and oxygen atoms in total. The van der Waals surface area contributed by atoms with Crippen LogP contribution in [0.1, 0.15) is 19.4 Å². The van der Waals surface area contributed by atoms with E-state index < -0.39 is 0 Å². The van der Waals surface area contributed by atoms with Crippen LogP contribution in [0.25, 0.3) is 6.08 Å². The van der Waals surface area contributed by atoms with Crippen LogP contribution in [0.4, 0.5) is 0 Å². The predicted octanol–water partition coefficient (Wildman–Crippen LogP) is 3.68. The fourth-order valence-electron chi connectivity index (χ4n) is 1.30. The average Bonchev–Trinajstić information content (AvgIpc) is 2.25. The highest BCUT2D eigenvalue weighted by Gasteiger charge is 2.15. The van der Waals surface area contributed by atoms with Crippen molar-refractivity contribution in [1.29, 1.82) is 0 Å². The van der Waals surface area contributed by atoms with Gasteiger partial charge in [-0.3, -0.25) is 10.1 Å². The number of allylic oxidation sites excluding steroid dienone is 1. The smallest absolute Gasteiger partial charge is 0.249 e. The van der Waals surface area contributed by atoms with Crippen molar-refractivity contribution in [2.75, 3.05) is 6.26 Å². The van der Waals surface area contributed by atoms with E-state index in [1.54, 1.807) is 17.8 Å². The van der Waals surface area contributed by atoms with E-state index in [1.165, 1.54) is 0 Å². The van der Waals surface area contributed by atoms with Gasteiger partial charge >= 0.3 is 0 Å². The fraction of sp³-hybridized carbons (Fsp3) is 0.333. The molecule has 0 aliphatic rings. The molecule has 1 aromatic rings. The molecule has 1 rings (SSSR count). The minimum absolute atomic E-state index is 0.0739. The van der Waals surface area contributed by atoms with Crippen molar-refractivity contribution in [2.24, 2.45) is 5.92 Å². The molecule has 0 saturated carbocycles. The second kappa shape index (κ2) is 5.70. The number of hydrogen-bond donors (Lipinski definition) is 0. The van der Waals surface area contributed by atoms with Crippen LogP contribution in [0.3, 0.4) is 0 Å². The van der Waals surface area contributed by atoms with Gasteiger partial charge in [-0.2, -0.15) is 0 Å². The highest BCUT2D eigenvalue weighted by Crippen LogP contribution is 2.19. The van der Waals surface area contributed by atoms with E-state index >= 15 is 0 Å². The topological polar surface area (TPSA) is 43.1 Å². The standard InChI is InChI=1S/C12H15NO2S/c1-9(2)12(13(14)15)8-10-4-6-11(16-3)7-5-10/h4-9H,1-3H3/b12-8-. The lowest BCUT2D eigenvalue weighted by molar-refractivity contribution is -0.431. The van der Waals surface area contributed by atoms with Gasteiger partial charge in [0.05, 0.1) is 4.92 Å². The van der Waals surface area contributed by atoms with Crippen molar-refractivity contribution in [1.82, 2.24) is 0 Å². The average molecular weight is 237 g/mol. The van der Waals surface area contributed by atoms with Gasteiger partial charge in [-0.1, -0.05) is 26.0 Å². The second-order valence-electron chi connectivity index (χ2n) is 3.75. The highest BCUT2D eigenvalue weighted by molar-refractivity contribution is 7.98. The zero-order valence-corrected chi connectivity index (χ0v) is 10.5. The molecule has 0 N–H and O–H groups in total. The summed E-state index contributed by atoms with van der Waals surface area (Å²) in [5.41, 5.74) is 1.12. The maximum atomic E-state index is 10.8. The first-order chi connectivity index (χ1) is 7.54. The van der Waals surface area contributed by atoms with Crippen molar-refractivity contribution >= 4 is 17.8 Å². The van der Waals surface area contributed by atoms with Crippen LogP contribution in [0.2, 0.25) is 0 Å². The zero-order chi connectivity index (χ0) is 12.1. The molecule has 0 saturated heterocycles. The Bertz CT molecular complexity index is 396. The molecule has 0 bridgehead atoms. The van der Waals surface area contributed by atoms with E-state index in [2.05, 4.69) is 0 Å². The first kappa shape index (κ1) is 12.8. The molecular weight excluding hydrogens is 222 g/mol. The fourth-order valence-corrected chi connectivity index (χ4v) is 1.71. The van der Waals surface area contributed by atoms with Gasteiger partial charge < -0.3 is 0 Å². The number of nitrogens with zero attached hydrogens (tertiary/aromatic N) is 1. The Labute approximate surface area is 99.7 Å². The third kappa shape index (κ3) is 3.38. The molecule has 0 atom stereocenters. The molecule has 0 aromatic heterocycles. The molecule has 0 radical (unpaired) electrons. The summed E-state index contributed by atoms with van der Waals surface area (Å²) in [6.45, 7) is 3.65. The normalized spacial score (nSPS) is 11.9. The molecule has 1 aromatic carbocycles. The van der Waals surface area contributed by atoms with Crippen LogP contribution >= 0.6 is 11.8 Å². The summed E-state index contributed by atoms with van der Waals surface area (Å²) < 4.78 is 0. The molecular formula is C12H15NO2S. The monoisotopic (exact) mass is 237 g/mol. The van der Waals surface area contributed by atoms with E-state index in [-0.39, 0.29) is 16.5 Å². The Kier molecular flexibility index (Phi) is 4.55. The maximum Gasteiger partial charge on any atom is 0.249 e. The molecule has 0 amide bonds. The molecule has 86 valence electrons. The van der Waals surface area contributed by atoms with Crippen LogP contribution < -0.4 is 0 Å². The minimum Gasteiger partial charge on any atom is -0.259 e. The summed E-state index contributed by atoms with van der Waals surface area (Å²) in [5, 5.41) is 10.8. The quantitative estimate of drug-likeness (QED) is 0.456. The number of thioether (sulfide) groups is 1. The minimum atomic E-state index is -0.312. The summed E-state index contributed by atoms with van der Waals surface area (Å²) in [6.07, 6.45) is 3.64. The SMILES string of the molecule is CSc1ccc(/C=C(/C(C)C)[N+](=O)[O-])cc1.